The van der Waals surface area contributed by atoms with Crippen molar-refractivity contribution in [2.45, 2.75) is 0 Å². The lowest BCUT2D eigenvalue weighted by molar-refractivity contribution is 1.23. The fraction of sp³-hybridized carbons (Fsp3) is 0. The number of aromatic nitrogens is 2. The van der Waals surface area contributed by atoms with E-state index in [-0.39, 0.29) is 5.56 Å². The molecule has 0 aliphatic carbocycles. The highest BCUT2D eigenvalue weighted by Crippen LogP contribution is 2.14. The number of hydrogen-bond donors (Lipinski definition) is 2. The third-order valence-electron chi connectivity index (χ3n) is 1.86. The number of H-pyrrole nitrogens is 1. The fourth-order valence-corrected chi connectivity index (χ4v) is 1.18. The minimum Gasteiger partial charge on any atom is -0.397 e. The van der Waals surface area contributed by atoms with Crippen LogP contribution in [0.1, 0.15) is 0 Å². The Morgan fingerprint density at radius 1 is 1.29 bits per heavy atom. The summed E-state index contributed by atoms with van der Waals surface area (Å²) < 4.78 is 0. The Morgan fingerprint density at radius 3 is 2.79 bits per heavy atom. The molecule has 2 aromatic heterocycles. The van der Waals surface area contributed by atoms with E-state index in [1.807, 2.05) is 0 Å². The highest BCUT2D eigenvalue weighted by Gasteiger charge is 1.98. The van der Waals surface area contributed by atoms with Gasteiger partial charge in [-0.1, -0.05) is 0 Å². The molecule has 2 aromatic rings. The minimum absolute atomic E-state index is 0.138. The van der Waals surface area contributed by atoms with Gasteiger partial charge in [0.15, 0.2) is 0 Å². The van der Waals surface area contributed by atoms with E-state index >= 15 is 0 Å². The second-order valence-electron chi connectivity index (χ2n) is 2.92. The number of rotatable bonds is 1. The van der Waals surface area contributed by atoms with Crippen LogP contribution in [0.3, 0.4) is 0 Å². The van der Waals surface area contributed by atoms with Crippen LogP contribution < -0.4 is 11.3 Å². The Labute approximate surface area is 80.4 Å². The molecule has 14 heavy (non-hydrogen) atoms. The Kier molecular flexibility index (Phi) is 2.02. The van der Waals surface area contributed by atoms with Gasteiger partial charge >= 0.3 is 0 Å². The molecule has 0 aliphatic heterocycles. The van der Waals surface area contributed by atoms with Gasteiger partial charge in [0.1, 0.15) is 0 Å². The van der Waals surface area contributed by atoms with Crippen molar-refractivity contribution in [3.05, 3.63) is 47.0 Å². The molecule has 0 spiro atoms. The van der Waals surface area contributed by atoms with Gasteiger partial charge in [-0.25, -0.2) is 0 Å². The maximum absolute atomic E-state index is 11.0. The second-order valence-corrected chi connectivity index (χ2v) is 2.92. The van der Waals surface area contributed by atoms with Gasteiger partial charge in [0.2, 0.25) is 5.56 Å². The summed E-state index contributed by atoms with van der Waals surface area (Å²) in [5.41, 5.74) is 7.50. The maximum Gasteiger partial charge on any atom is 0.248 e. The molecule has 3 N–H and O–H groups in total. The predicted molar refractivity (Wildman–Crippen MR) is 54.7 cm³/mol. The summed E-state index contributed by atoms with van der Waals surface area (Å²) >= 11 is 0. The van der Waals surface area contributed by atoms with E-state index in [1.54, 1.807) is 30.6 Å². The summed E-state index contributed by atoms with van der Waals surface area (Å²) in [6.45, 7) is 0. The van der Waals surface area contributed by atoms with Gasteiger partial charge in [-0.15, -0.1) is 0 Å². The van der Waals surface area contributed by atoms with E-state index < -0.39 is 0 Å². The molecule has 0 aromatic carbocycles. The summed E-state index contributed by atoms with van der Waals surface area (Å²) in [6.07, 6.45) is 3.16. The monoisotopic (exact) mass is 187 g/mol. The number of hydrogen-bond acceptors (Lipinski definition) is 3. The molecule has 2 heterocycles. The van der Waals surface area contributed by atoms with Crippen molar-refractivity contribution in [1.29, 1.82) is 0 Å². The molecule has 0 aliphatic rings. The molecule has 2 rings (SSSR count). The van der Waals surface area contributed by atoms with Crippen molar-refractivity contribution in [2.24, 2.45) is 0 Å². The zero-order chi connectivity index (χ0) is 9.97. The number of nitrogen functional groups attached to an aromatic ring is 1. The molecule has 70 valence electrons. The smallest absolute Gasteiger partial charge is 0.248 e. The topological polar surface area (TPSA) is 71.8 Å². The number of aromatic amines is 1. The highest BCUT2D eigenvalue weighted by atomic mass is 16.1. The van der Waals surface area contributed by atoms with E-state index in [9.17, 15) is 4.79 Å². The van der Waals surface area contributed by atoms with Crippen molar-refractivity contribution in [1.82, 2.24) is 9.97 Å². The predicted octanol–water partition coefficient (Wildman–Crippen LogP) is 1.02. The Morgan fingerprint density at radius 2 is 2.14 bits per heavy atom. The Bertz CT molecular complexity index is 487. The third-order valence-corrected chi connectivity index (χ3v) is 1.86. The normalized spacial score (nSPS) is 10.0. The molecule has 0 saturated heterocycles. The Hall–Kier alpha value is -2.10. The van der Waals surface area contributed by atoms with Crippen LogP contribution in [0.2, 0.25) is 0 Å². The van der Waals surface area contributed by atoms with E-state index in [1.165, 1.54) is 6.07 Å². The molecule has 0 atom stereocenters. The molecule has 4 nitrogen and oxygen atoms in total. The number of nitrogens with two attached hydrogens (primary N) is 1. The summed E-state index contributed by atoms with van der Waals surface area (Å²) in [4.78, 5) is 17.7. The SMILES string of the molecule is Nc1ccc(-c2cc[nH]c(=O)c2)nc1. The average Bonchev–Trinajstić information content (AvgIpc) is 2.19. The molecule has 0 saturated carbocycles. The van der Waals surface area contributed by atoms with Crippen LogP contribution in [0.15, 0.2) is 41.5 Å². The molecular formula is C10H9N3O. The van der Waals surface area contributed by atoms with Gasteiger partial charge in [-0.3, -0.25) is 9.78 Å². The molecule has 0 fully saturated rings. The first-order chi connectivity index (χ1) is 6.75. The average molecular weight is 187 g/mol. The number of anilines is 1. The van der Waals surface area contributed by atoms with Crippen LogP contribution in [0.4, 0.5) is 5.69 Å². The van der Waals surface area contributed by atoms with Crippen molar-refractivity contribution >= 4 is 5.69 Å². The van der Waals surface area contributed by atoms with E-state index in [2.05, 4.69) is 9.97 Å². The summed E-state index contributed by atoms with van der Waals surface area (Å²) in [5, 5.41) is 0. The lowest BCUT2D eigenvalue weighted by atomic mass is 10.2. The maximum atomic E-state index is 11.0. The summed E-state index contributed by atoms with van der Waals surface area (Å²) in [7, 11) is 0. The largest absolute Gasteiger partial charge is 0.397 e. The lowest BCUT2D eigenvalue weighted by Crippen LogP contribution is -2.02. The number of nitrogens with zero attached hydrogens (tertiary/aromatic N) is 1. The number of nitrogens with one attached hydrogen (secondary N) is 1. The van der Waals surface area contributed by atoms with Crippen molar-refractivity contribution in [3.8, 4) is 11.3 Å². The van der Waals surface area contributed by atoms with Gasteiger partial charge in [0.25, 0.3) is 0 Å². The van der Waals surface area contributed by atoms with Crippen LogP contribution in [0.25, 0.3) is 11.3 Å². The van der Waals surface area contributed by atoms with Crippen LogP contribution in [-0.4, -0.2) is 9.97 Å². The van der Waals surface area contributed by atoms with Crippen molar-refractivity contribution < 1.29 is 0 Å². The molecule has 0 unspecified atom stereocenters. The van der Waals surface area contributed by atoms with Crippen LogP contribution >= 0.6 is 0 Å². The van der Waals surface area contributed by atoms with Gasteiger partial charge < -0.3 is 10.7 Å². The van der Waals surface area contributed by atoms with E-state index in [0.717, 1.165) is 11.3 Å². The lowest BCUT2D eigenvalue weighted by Gasteiger charge is -1.99. The van der Waals surface area contributed by atoms with Gasteiger partial charge in [-0.2, -0.15) is 0 Å². The fourth-order valence-electron chi connectivity index (χ4n) is 1.18. The quantitative estimate of drug-likeness (QED) is 0.700. The molecular weight excluding hydrogens is 178 g/mol. The Balaban J connectivity index is 2.50. The molecule has 0 bridgehead atoms. The number of pyridine rings is 2. The molecule has 4 heteroatoms. The zero-order valence-corrected chi connectivity index (χ0v) is 7.40. The first-order valence-electron chi connectivity index (χ1n) is 4.16. The van der Waals surface area contributed by atoms with Crippen LogP contribution in [-0.2, 0) is 0 Å². The first-order valence-corrected chi connectivity index (χ1v) is 4.16. The van der Waals surface area contributed by atoms with Gasteiger partial charge in [-0.05, 0) is 18.2 Å². The van der Waals surface area contributed by atoms with Gasteiger partial charge in [0.05, 0.1) is 17.6 Å². The van der Waals surface area contributed by atoms with Gasteiger partial charge in [0, 0.05) is 17.8 Å². The minimum atomic E-state index is -0.138. The van der Waals surface area contributed by atoms with Crippen molar-refractivity contribution in [3.63, 3.8) is 0 Å². The first kappa shape index (κ1) is 8.50. The van der Waals surface area contributed by atoms with Crippen LogP contribution in [0.5, 0.6) is 0 Å². The standard InChI is InChI=1S/C10H9N3O/c11-8-1-2-9(13-6-8)7-3-4-12-10(14)5-7/h1-6H,11H2,(H,12,14). The summed E-state index contributed by atoms with van der Waals surface area (Å²) in [5.74, 6) is 0. The zero-order valence-electron chi connectivity index (χ0n) is 7.40. The second kappa shape index (κ2) is 3.33. The molecule has 0 radical (unpaired) electrons. The van der Waals surface area contributed by atoms with E-state index in [0.29, 0.717) is 5.69 Å². The van der Waals surface area contributed by atoms with E-state index in [4.69, 9.17) is 5.73 Å². The highest BCUT2D eigenvalue weighted by molar-refractivity contribution is 5.59. The van der Waals surface area contributed by atoms with Crippen molar-refractivity contribution in [2.75, 3.05) is 5.73 Å². The third kappa shape index (κ3) is 1.64. The summed E-state index contributed by atoms with van der Waals surface area (Å²) in [6, 6.07) is 6.83. The van der Waals surface area contributed by atoms with Crippen LogP contribution in [0, 0.1) is 0 Å². The molecule has 0 amide bonds.